The standard InChI is InChI=1S/C16H9Cl2F3N2O5/c17-10-4-2-9(16(19,20)21)6-12(10)22-14(24)7-28-15(25)8-1-3-11(18)13(5-8)23(26)27/h1-6H,7H2,(H,22,24). The third kappa shape index (κ3) is 5.33. The number of benzene rings is 2. The summed E-state index contributed by atoms with van der Waals surface area (Å²) in [7, 11) is 0. The maximum absolute atomic E-state index is 12.7. The Morgan fingerprint density at radius 1 is 1.11 bits per heavy atom. The first-order valence-corrected chi connectivity index (χ1v) is 8.02. The number of hydrogen-bond acceptors (Lipinski definition) is 5. The molecule has 0 fully saturated rings. The lowest BCUT2D eigenvalue weighted by Crippen LogP contribution is -2.21. The monoisotopic (exact) mass is 436 g/mol. The number of carbonyl (C=O) groups is 2. The summed E-state index contributed by atoms with van der Waals surface area (Å²) in [6.07, 6.45) is -4.64. The summed E-state index contributed by atoms with van der Waals surface area (Å²) in [5, 5.41) is 12.6. The second kappa shape index (κ2) is 8.44. The number of nitrogens with one attached hydrogen (secondary N) is 1. The number of alkyl halides is 3. The Kier molecular flexibility index (Phi) is 6.47. The Labute approximate surface area is 165 Å². The summed E-state index contributed by atoms with van der Waals surface area (Å²) >= 11 is 11.4. The molecule has 1 amide bonds. The highest BCUT2D eigenvalue weighted by Crippen LogP contribution is 2.33. The minimum absolute atomic E-state index is 0.152. The number of esters is 1. The molecule has 0 atom stereocenters. The van der Waals surface area contributed by atoms with Crippen LogP contribution in [0.1, 0.15) is 15.9 Å². The van der Waals surface area contributed by atoms with Gasteiger partial charge in [0.2, 0.25) is 0 Å². The second-order valence-corrected chi connectivity index (χ2v) is 6.05. The highest BCUT2D eigenvalue weighted by molar-refractivity contribution is 6.33. The number of anilines is 1. The molecule has 7 nitrogen and oxygen atoms in total. The molecule has 2 rings (SSSR count). The SMILES string of the molecule is O=C(COC(=O)c1ccc(Cl)c([N+](=O)[O-])c1)Nc1cc(C(F)(F)F)ccc1Cl. The van der Waals surface area contributed by atoms with Gasteiger partial charge in [0.1, 0.15) is 5.02 Å². The van der Waals surface area contributed by atoms with Gasteiger partial charge in [-0.05, 0) is 30.3 Å². The molecule has 12 heteroatoms. The lowest BCUT2D eigenvalue weighted by molar-refractivity contribution is -0.384. The van der Waals surface area contributed by atoms with Crippen LogP contribution in [0.2, 0.25) is 10.0 Å². The van der Waals surface area contributed by atoms with E-state index in [-0.39, 0.29) is 21.3 Å². The van der Waals surface area contributed by atoms with Crippen LogP contribution in [0.3, 0.4) is 0 Å². The number of rotatable bonds is 5. The van der Waals surface area contributed by atoms with E-state index < -0.39 is 40.8 Å². The van der Waals surface area contributed by atoms with Crippen molar-refractivity contribution in [3.05, 3.63) is 67.7 Å². The van der Waals surface area contributed by atoms with Crippen molar-refractivity contribution in [2.45, 2.75) is 6.18 Å². The summed E-state index contributed by atoms with van der Waals surface area (Å²) in [4.78, 5) is 33.7. The van der Waals surface area contributed by atoms with Crippen molar-refractivity contribution in [2.24, 2.45) is 0 Å². The predicted molar refractivity (Wildman–Crippen MR) is 93.5 cm³/mol. The molecular weight excluding hydrogens is 428 g/mol. The van der Waals surface area contributed by atoms with Gasteiger partial charge in [0, 0.05) is 6.07 Å². The maximum Gasteiger partial charge on any atom is 0.416 e. The van der Waals surface area contributed by atoms with E-state index >= 15 is 0 Å². The molecule has 0 saturated carbocycles. The number of amides is 1. The third-order valence-electron chi connectivity index (χ3n) is 3.28. The van der Waals surface area contributed by atoms with Crippen LogP contribution in [-0.4, -0.2) is 23.4 Å². The largest absolute Gasteiger partial charge is 0.452 e. The first kappa shape index (κ1) is 21.5. The molecule has 0 bridgehead atoms. The lowest BCUT2D eigenvalue weighted by atomic mass is 10.2. The molecule has 2 aromatic carbocycles. The van der Waals surface area contributed by atoms with Crippen molar-refractivity contribution >= 4 is 46.5 Å². The van der Waals surface area contributed by atoms with Gasteiger partial charge in [-0.3, -0.25) is 14.9 Å². The quantitative estimate of drug-likeness (QED) is 0.415. The smallest absolute Gasteiger partial charge is 0.416 e. The Balaban J connectivity index is 2.04. The van der Waals surface area contributed by atoms with Crippen LogP contribution in [0.5, 0.6) is 0 Å². The van der Waals surface area contributed by atoms with Gasteiger partial charge >= 0.3 is 12.1 Å². The number of halogens is 5. The van der Waals surface area contributed by atoms with E-state index in [1.165, 1.54) is 0 Å². The molecule has 1 N–H and O–H groups in total. The topological polar surface area (TPSA) is 98.5 Å². The number of hydrogen-bond donors (Lipinski definition) is 1. The summed E-state index contributed by atoms with van der Waals surface area (Å²) in [5.41, 5.74) is -2.12. The number of nitro groups is 1. The van der Waals surface area contributed by atoms with Crippen LogP contribution < -0.4 is 5.32 Å². The van der Waals surface area contributed by atoms with Crippen molar-refractivity contribution in [3.63, 3.8) is 0 Å². The summed E-state index contributed by atoms with van der Waals surface area (Å²) < 4.78 is 42.8. The predicted octanol–water partition coefficient (Wildman–Crippen LogP) is 4.72. The lowest BCUT2D eigenvalue weighted by Gasteiger charge is -2.12. The molecule has 0 spiro atoms. The number of ether oxygens (including phenoxy) is 1. The van der Waals surface area contributed by atoms with E-state index in [1.54, 1.807) is 0 Å². The fourth-order valence-electron chi connectivity index (χ4n) is 1.98. The van der Waals surface area contributed by atoms with E-state index in [0.717, 1.165) is 30.3 Å². The molecule has 0 heterocycles. The number of carbonyl (C=O) groups excluding carboxylic acids is 2. The van der Waals surface area contributed by atoms with E-state index in [9.17, 15) is 32.9 Å². The highest BCUT2D eigenvalue weighted by Gasteiger charge is 2.31. The van der Waals surface area contributed by atoms with Gasteiger partial charge in [0.25, 0.3) is 11.6 Å². The van der Waals surface area contributed by atoms with Crippen LogP contribution in [-0.2, 0) is 15.7 Å². The Hall–Kier alpha value is -2.85. The van der Waals surface area contributed by atoms with E-state index in [4.69, 9.17) is 27.9 Å². The van der Waals surface area contributed by atoms with E-state index in [1.807, 2.05) is 0 Å². The van der Waals surface area contributed by atoms with Crippen molar-refractivity contribution in [2.75, 3.05) is 11.9 Å². The van der Waals surface area contributed by atoms with Gasteiger partial charge in [-0.25, -0.2) is 4.79 Å². The van der Waals surface area contributed by atoms with Gasteiger partial charge in [-0.2, -0.15) is 13.2 Å². The summed E-state index contributed by atoms with van der Waals surface area (Å²) in [5.74, 6) is -2.02. The fraction of sp³-hybridized carbons (Fsp3) is 0.125. The normalized spacial score (nSPS) is 11.0. The first-order chi connectivity index (χ1) is 13.0. The van der Waals surface area contributed by atoms with Crippen molar-refractivity contribution in [1.82, 2.24) is 0 Å². The van der Waals surface area contributed by atoms with E-state index in [2.05, 4.69) is 5.32 Å². The molecule has 0 saturated heterocycles. The molecule has 0 aliphatic rings. The van der Waals surface area contributed by atoms with Crippen LogP contribution >= 0.6 is 23.2 Å². The zero-order valence-corrected chi connectivity index (χ0v) is 15.1. The van der Waals surface area contributed by atoms with Crippen LogP contribution in [0.25, 0.3) is 0 Å². The van der Waals surface area contributed by atoms with E-state index in [0.29, 0.717) is 6.07 Å². The maximum atomic E-state index is 12.7. The van der Waals surface area contributed by atoms with Gasteiger partial charge in [0.15, 0.2) is 6.61 Å². The van der Waals surface area contributed by atoms with Gasteiger partial charge in [0.05, 0.1) is 26.8 Å². The third-order valence-corrected chi connectivity index (χ3v) is 3.93. The first-order valence-electron chi connectivity index (χ1n) is 7.26. The molecule has 0 radical (unpaired) electrons. The minimum Gasteiger partial charge on any atom is -0.452 e. The second-order valence-electron chi connectivity index (χ2n) is 5.24. The minimum atomic E-state index is -4.64. The Bertz CT molecular complexity index is 950. The van der Waals surface area contributed by atoms with Crippen LogP contribution in [0.15, 0.2) is 36.4 Å². The zero-order chi connectivity index (χ0) is 21.1. The molecule has 0 unspecified atom stereocenters. The Morgan fingerprint density at radius 2 is 1.75 bits per heavy atom. The average molecular weight is 437 g/mol. The highest BCUT2D eigenvalue weighted by atomic mass is 35.5. The van der Waals surface area contributed by atoms with Gasteiger partial charge < -0.3 is 10.1 Å². The van der Waals surface area contributed by atoms with Crippen molar-refractivity contribution in [1.29, 1.82) is 0 Å². The molecule has 0 aromatic heterocycles. The van der Waals surface area contributed by atoms with Gasteiger partial charge in [-0.15, -0.1) is 0 Å². The summed E-state index contributed by atoms with van der Waals surface area (Å²) in [6, 6.07) is 5.46. The molecule has 0 aliphatic carbocycles. The molecular formula is C16H9Cl2F3N2O5. The fourth-order valence-corrected chi connectivity index (χ4v) is 2.33. The van der Waals surface area contributed by atoms with Crippen molar-refractivity contribution in [3.8, 4) is 0 Å². The molecule has 28 heavy (non-hydrogen) atoms. The zero-order valence-electron chi connectivity index (χ0n) is 13.5. The van der Waals surface area contributed by atoms with Crippen LogP contribution in [0, 0.1) is 10.1 Å². The average Bonchev–Trinajstić information content (AvgIpc) is 2.60. The van der Waals surface area contributed by atoms with Crippen LogP contribution in [0.4, 0.5) is 24.5 Å². The number of nitrogens with zero attached hydrogens (tertiary/aromatic N) is 1. The van der Waals surface area contributed by atoms with Gasteiger partial charge in [-0.1, -0.05) is 23.2 Å². The summed E-state index contributed by atoms with van der Waals surface area (Å²) in [6.45, 7) is -0.859. The molecule has 2 aromatic rings. The number of nitro benzene ring substituents is 1. The molecule has 148 valence electrons. The molecule has 0 aliphatic heterocycles. The van der Waals surface area contributed by atoms with Crippen molar-refractivity contribution < 1.29 is 32.4 Å². The Morgan fingerprint density at radius 3 is 2.36 bits per heavy atom.